The van der Waals surface area contributed by atoms with Crippen molar-refractivity contribution in [3.63, 3.8) is 0 Å². The van der Waals surface area contributed by atoms with Gasteiger partial charge in [-0.05, 0) is 11.6 Å². The Morgan fingerprint density at radius 1 is 1.22 bits per heavy atom. The van der Waals surface area contributed by atoms with Gasteiger partial charge in [0.25, 0.3) is 5.69 Å². The lowest BCUT2D eigenvalue weighted by molar-refractivity contribution is -0.386. The van der Waals surface area contributed by atoms with Crippen LogP contribution in [0.1, 0.15) is 17.4 Å². The molecule has 0 saturated heterocycles. The third-order valence-electron chi connectivity index (χ3n) is 2.63. The lowest BCUT2D eigenvalue weighted by atomic mass is 10.0. The molecule has 1 aromatic heterocycles. The number of rotatable bonds is 4. The van der Waals surface area contributed by atoms with Gasteiger partial charge in [0.2, 0.25) is 0 Å². The van der Waals surface area contributed by atoms with E-state index in [1.807, 2.05) is 18.2 Å². The van der Waals surface area contributed by atoms with Crippen molar-refractivity contribution in [3.05, 3.63) is 70.0 Å². The van der Waals surface area contributed by atoms with Gasteiger partial charge < -0.3 is 5.11 Å². The molecule has 0 fully saturated rings. The first-order valence-electron chi connectivity index (χ1n) is 5.50. The van der Waals surface area contributed by atoms with Crippen molar-refractivity contribution in [1.29, 1.82) is 0 Å². The molecule has 0 saturated carbocycles. The normalized spacial score (nSPS) is 12.1. The van der Waals surface area contributed by atoms with Crippen molar-refractivity contribution in [2.45, 2.75) is 12.5 Å². The maximum atomic E-state index is 10.8. The van der Waals surface area contributed by atoms with Gasteiger partial charge in [0.15, 0.2) is 0 Å². The quantitative estimate of drug-likeness (QED) is 0.661. The molecule has 5 heteroatoms. The molecule has 0 aliphatic rings. The molecule has 2 rings (SSSR count). The highest BCUT2D eigenvalue weighted by Gasteiger charge is 2.18. The average Bonchev–Trinajstić information content (AvgIpc) is 2.40. The number of aromatic nitrogens is 1. The van der Waals surface area contributed by atoms with E-state index in [4.69, 9.17) is 0 Å². The van der Waals surface area contributed by atoms with Crippen molar-refractivity contribution in [3.8, 4) is 0 Å². The molecule has 1 unspecified atom stereocenters. The van der Waals surface area contributed by atoms with E-state index in [0.29, 0.717) is 5.69 Å². The predicted octanol–water partition coefficient (Wildman–Crippen LogP) is 2.27. The topological polar surface area (TPSA) is 76.3 Å². The summed E-state index contributed by atoms with van der Waals surface area (Å²) in [6.45, 7) is 0. The number of aliphatic hydroxyl groups is 1. The van der Waals surface area contributed by atoms with Crippen LogP contribution in [-0.4, -0.2) is 15.0 Å². The lowest BCUT2D eigenvalue weighted by Gasteiger charge is -2.10. The van der Waals surface area contributed by atoms with Gasteiger partial charge in [-0.15, -0.1) is 0 Å². The van der Waals surface area contributed by atoms with E-state index in [1.54, 1.807) is 12.1 Å². The standard InChI is InChI=1S/C13H12N2O3/c16-13(10-5-2-1-3-6-10)9-11-12(15(17)18)7-4-8-14-11/h1-8,13,16H,9H2. The molecule has 2 aromatic rings. The number of benzene rings is 1. The van der Waals surface area contributed by atoms with E-state index >= 15 is 0 Å². The highest BCUT2D eigenvalue weighted by Crippen LogP contribution is 2.22. The Kier molecular flexibility index (Phi) is 3.64. The second kappa shape index (κ2) is 5.37. The zero-order valence-corrected chi connectivity index (χ0v) is 9.56. The minimum Gasteiger partial charge on any atom is -0.388 e. The van der Waals surface area contributed by atoms with Crippen molar-refractivity contribution in [2.75, 3.05) is 0 Å². The van der Waals surface area contributed by atoms with Gasteiger partial charge in [0.05, 0.1) is 11.0 Å². The summed E-state index contributed by atoms with van der Waals surface area (Å²) in [5.74, 6) is 0. The summed E-state index contributed by atoms with van der Waals surface area (Å²) < 4.78 is 0. The second-order valence-electron chi connectivity index (χ2n) is 3.86. The Morgan fingerprint density at radius 3 is 2.61 bits per heavy atom. The largest absolute Gasteiger partial charge is 0.388 e. The van der Waals surface area contributed by atoms with Crippen molar-refractivity contribution >= 4 is 5.69 Å². The fraction of sp³-hybridized carbons (Fsp3) is 0.154. The summed E-state index contributed by atoms with van der Waals surface area (Å²) in [4.78, 5) is 14.3. The van der Waals surface area contributed by atoms with Crippen LogP contribution in [0.4, 0.5) is 5.69 Å². The van der Waals surface area contributed by atoms with Crippen LogP contribution in [0.3, 0.4) is 0 Å². The second-order valence-corrected chi connectivity index (χ2v) is 3.86. The van der Waals surface area contributed by atoms with Crippen molar-refractivity contribution in [2.24, 2.45) is 0 Å². The molecular formula is C13H12N2O3. The maximum absolute atomic E-state index is 10.8. The zero-order valence-electron chi connectivity index (χ0n) is 9.56. The summed E-state index contributed by atoms with van der Waals surface area (Å²) >= 11 is 0. The van der Waals surface area contributed by atoms with E-state index in [2.05, 4.69) is 4.98 Å². The Labute approximate surface area is 104 Å². The molecule has 1 N–H and O–H groups in total. The first-order valence-corrected chi connectivity index (χ1v) is 5.50. The fourth-order valence-electron chi connectivity index (χ4n) is 1.73. The highest BCUT2D eigenvalue weighted by molar-refractivity contribution is 5.35. The predicted molar refractivity (Wildman–Crippen MR) is 66.0 cm³/mol. The zero-order chi connectivity index (χ0) is 13.0. The Hall–Kier alpha value is -2.27. The molecule has 0 bridgehead atoms. The van der Waals surface area contributed by atoms with Gasteiger partial charge >= 0.3 is 0 Å². The van der Waals surface area contributed by atoms with Gasteiger partial charge in [-0.25, -0.2) is 0 Å². The molecule has 1 aromatic carbocycles. The fourth-order valence-corrected chi connectivity index (χ4v) is 1.73. The molecule has 0 amide bonds. The third kappa shape index (κ3) is 2.70. The van der Waals surface area contributed by atoms with Crippen LogP contribution in [0.5, 0.6) is 0 Å². The third-order valence-corrected chi connectivity index (χ3v) is 2.63. The maximum Gasteiger partial charge on any atom is 0.290 e. The lowest BCUT2D eigenvalue weighted by Crippen LogP contribution is -2.06. The molecule has 0 radical (unpaired) electrons. The van der Waals surface area contributed by atoms with Gasteiger partial charge in [-0.3, -0.25) is 15.1 Å². The van der Waals surface area contributed by atoms with E-state index < -0.39 is 11.0 Å². The molecular weight excluding hydrogens is 232 g/mol. The Balaban J connectivity index is 2.22. The van der Waals surface area contributed by atoms with Crippen LogP contribution in [0.15, 0.2) is 48.7 Å². The van der Waals surface area contributed by atoms with Crippen molar-refractivity contribution < 1.29 is 10.0 Å². The van der Waals surface area contributed by atoms with E-state index in [9.17, 15) is 15.2 Å². The number of hydrogen-bond donors (Lipinski definition) is 1. The summed E-state index contributed by atoms with van der Waals surface area (Å²) in [5.41, 5.74) is 0.948. The summed E-state index contributed by atoms with van der Waals surface area (Å²) in [6.07, 6.45) is 0.820. The van der Waals surface area contributed by atoms with Crippen LogP contribution in [-0.2, 0) is 6.42 Å². The number of pyridine rings is 1. The minimum atomic E-state index is -0.792. The smallest absolute Gasteiger partial charge is 0.290 e. The van der Waals surface area contributed by atoms with Crippen molar-refractivity contribution in [1.82, 2.24) is 4.98 Å². The van der Waals surface area contributed by atoms with Gasteiger partial charge in [-0.2, -0.15) is 0 Å². The first kappa shape index (κ1) is 12.2. The number of hydrogen-bond acceptors (Lipinski definition) is 4. The molecule has 1 heterocycles. The Bertz CT molecular complexity index is 543. The van der Waals surface area contributed by atoms with Crippen LogP contribution >= 0.6 is 0 Å². The number of aliphatic hydroxyl groups excluding tert-OH is 1. The minimum absolute atomic E-state index is 0.0625. The molecule has 1 atom stereocenters. The van der Waals surface area contributed by atoms with Gasteiger partial charge in [-0.1, -0.05) is 30.3 Å². The summed E-state index contributed by atoms with van der Waals surface area (Å²) in [5, 5.41) is 20.8. The van der Waals surface area contributed by atoms with E-state index in [-0.39, 0.29) is 12.1 Å². The van der Waals surface area contributed by atoms with Crippen LogP contribution < -0.4 is 0 Å². The highest BCUT2D eigenvalue weighted by atomic mass is 16.6. The SMILES string of the molecule is O=[N+]([O-])c1cccnc1CC(O)c1ccccc1. The molecule has 92 valence electrons. The summed E-state index contributed by atoms with van der Waals surface area (Å²) in [6, 6.07) is 11.9. The molecule has 18 heavy (non-hydrogen) atoms. The van der Waals surface area contributed by atoms with Crippen LogP contribution in [0, 0.1) is 10.1 Å². The first-order chi connectivity index (χ1) is 8.68. The average molecular weight is 244 g/mol. The van der Waals surface area contributed by atoms with E-state index in [1.165, 1.54) is 18.3 Å². The van der Waals surface area contributed by atoms with Gasteiger partial charge in [0, 0.05) is 18.7 Å². The number of nitro groups is 1. The van der Waals surface area contributed by atoms with Gasteiger partial charge in [0.1, 0.15) is 5.69 Å². The molecule has 0 aliphatic carbocycles. The van der Waals surface area contributed by atoms with Crippen LogP contribution in [0.2, 0.25) is 0 Å². The summed E-state index contributed by atoms with van der Waals surface area (Å²) in [7, 11) is 0. The van der Waals surface area contributed by atoms with Crippen LogP contribution in [0.25, 0.3) is 0 Å². The van der Waals surface area contributed by atoms with E-state index in [0.717, 1.165) is 5.56 Å². The molecule has 5 nitrogen and oxygen atoms in total. The molecule has 0 aliphatic heterocycles. The molecule has 0 spiro atoms. The Morgan fingerprint density at radius 2 is 1.94 bits per heavy atom. The number of nitrogens with zero attached hydrogens (tertiary/aromatic N) is 2. The monoisotopic (exact) mass is 244 g/mol.